The standard InChI is InChI=1S/C19H24N2O3S/c1-2-17(22)24-13-9-4-3-8-12-21-14-16(18(23)20-19(21)25)15-10-6-5-7-11-15/h5-7,10-11,14H,2-4,8-9,12-13H2,1H3,(H,20,23,25). The Morgan fingerprint density at radius 1 is 1.16 bits per heavy atom. The molecule has 0 amide bonds. The molecule has 2 rings (SSSR count). The molecule has 0 aliphatic heterocycles. The number of benzene rings is 1. The molecule has 2 aromatic rings. The second kappa shape index (κ2) is 9.93. The van der Waals surface area contributed by atoms with Gasteiger partial charge in [-0.1, -0.05) is 43.7 Å². The molecule has 25 heavy (non-hydrogen) atoms. The highest BCUT2D eigenvalue weighted by atomic mass is 32.1. The number of nitrogens with zero attached hydrogens (tertiary/aromatic N) is 1. The van der Waals surface area contributed by atoms with Gasteiger partial charge in [0, 0.05) is 19.2 Å². The molecule has 1 aromatic heterocycles. The van der Waals surface area contributed by atoms with Crippen LogP contribution in [-0.2, 0) is 16.1 Å². The van der Waals surface area contributed by atoms with Crippen molar-refractivity contribution < 1.29 is 9.53 Å². The third-order valence-electron chi connectivity index (χ3n) is 3.94. The maximum absolute atomic E-state index is 12.1. The number of nitrogens with one attached hydrogen (secondary N) is 1. The molecule has 1 heterocycles. The highest BCUT2D eigenvalue weighted by molar-refractivity contribution is 7.71. The summed E-state index contributed by atoms with van der Waals surface area (Å²) in [5.74, 6) is -0.145. The van der Waals surface area contributed by atoms with Gasteiger partial charge in [-0.25, -0.2) is 0 Å². The average molecular weight is 360 g/mol. The Morgan fingerprint density at radius 3 is 2.60 bits per heavy atom. The van der Waals surface area contributed by atoms with Crippen LogP contribution in [0.3, 0.4) is 0 Å². The van der Waals surface area contributed by atoms with Crippen LogP contribution in [0, 0.1) is 4.77 Å². The summed E-state index contributed by atoms with van der Waals surface area (Å²) in [7, 11) is 0. The van der Waals surface area contributed by atoms with Gasteiger partial charge in [-0.3, -0.25) is 14.6 Å². The van der Waals surface area contributed by atoms with Crippen molar-refractivity contribution >= 4 is 18.2 Å². The number of rotatable bonds is 9. The maximum atomic E-state index is 12.1. The van der Waals surface area contributed by atoms with E-state index in [-0.39, 0.29) is 11.5 Å². The van der Waals surface area contributed by atoms with Crippen LogP contribution in [0.4, 0.5) is 0 Å². The minimum absolute atomic E-state index is 0.145. The van der Waals surface area contributed by atoms with Gasteiger partial charge in [-0.15, -0.1) is 0 Å². The summed E-state index contributed by atoms with van der Waals surface area (Å²) in [6.07, 6.45) is 6.10. The molecular weight excluding hydrogens is 336 g/mol. The molecular formula is C19H24N2O3S. The van der Waals surface area contributed by atoms with Crippen molar-refractivity contribution in [3.05, 3.63) is 51.7 Å². The van der Waals surface area contributed by atoms with E-state index in [1.54, 1.807) is 6.92 Å². The number of carbonyl (C=O) groups excluding carboxylic acids is 1. The van der Waals surface area contributed by atoms with Crippen LogP contribution in [0.1, 0.15) is 39.0 Å². The minimum Gasteiger partial charge on any atom is -0.466 e. The summed E-state index contributed by atoms with van der Waals surface area (Å²) < 4.78 is 7.41. The Labute approximate surface area is 152 Å². The number of aryl methyl sites for hydroxylation is 1. The van der Waals surface area contributed by atoms with Crippen molar-refractivity contribution in [2.75, 3.05) is 6.61 Å². The van der Waals surface area contributed by atoms with E-state index in [1.807, 2.05) is 41.1 Å². The summed E-state index contributed by atoms with van der Waals surface area (Å²) in [6.45, 7) is 3.03. The highest BCUT2D eigenvalue weighted by Crippen LogP contribution is 2.14. The van der Waals surface area contributed by atoms with Crippen molar-refractivity contribution in [3.63, 3.8) is 0 Å². The molecule has 0 saturated heterocycles. The van der Waals surface area contributed by atoms with E-state index in [0.29, 0.717) is 23.4 Å². The van der Waals surface area contributed by atoms with Crippen LogP contribution in [0.5, 0.6) is 0 Å². The minimum atomic E-state index is -0.162. The van der Waals surface area contributed by atoms with E-state index in [4.69, 9.17) is 17.0 Å². The fraction of sp³-hybridized carbons (Fsp3) is 0.421. The fourth-order valence-electron chi connectivity index (χ4n) is 2.52. The first kappa shape index (κ1) is 19.1. The molecule has 6 heteroatoms. The summed E-state index contributed by atoms with van der Waals surface area (Å²) >= 11 is 5.26. The Hall–Kier alpha value is -2.21. The Balaban J connectivity index is 1.87. The number of hydrogen-bond acceptors (Lipinski definition) is 4. The van der Waals surface area contributed by atoms with Gasteiger partial charge in [0.15, 0.2) is 4.77 Å². The third kappa shape index (κ3) is 5.98. The predicted octanol–water partition coefficient (Wildman–Crippen LogP) is 4.09. The van der Waals surface area contributed by atoms with E-state index < -0.39 is 0 Å². The number of unbranched alkanes of at least 4 members (excludes halogenated alkanes) is 3. The lowest BCUT2D eigenvalue weighted by molar-refractivity contribution is -0.143. The molecule has 0 spiro atoms. The zero-order chi connectivity index (χ0) is 18.1. The van der Waals surface area contributed by atoms with Gasteiger partial charge in [0.05, 0.1) is 12.2 Å². The van der Waals surface area contributed by atoms with Gasteiger partial charge >= 0.3 is 5.97 Å². The van der Waals surface area contributed by atoms with Crippen molar-refractivity contribution in [2.45, 2.75) is 45.6 Å². The van der Waals surface area contributed by atoms with Crippen molar-refractivity contribution in [1.82, 2.24) is 9.55 Å². The summed E-state index contributed by atoms with van der Waals surface area (Å²) in [5, 5.41) is 0. The molecule has 0 bridgehead atoms. The number of esters is 1. The van der Waals surface area contributed by atoms with Gasteiger partial charge in [0.25, 0.3) is 5.56 Å². The SMILES string of the molecule is CCC(=O)OCCCCCCn1cc(-c2ccccc2)c(=O)[nH]c1=S. The van der Waals surface area contributed by atoms with E-state index in [2.05, 4.69) is 4.98 Å². The molecule has 0 fully saturated rings. The van der Waals surface area contributed by atoms with Gasteiger partial charge in [0.2, 0.25) is 0 Å². The number of aromatic amines is 1. The molecule has 134 valence electrons. The number of H-pyrrole nitrogens is 1. The van der Waals surface area contributed by atoms with Crippen LogP contribution in [0.2, 0.25) is 0 Å². The summed E-state index contributed by atoms with van der Waals surface area (Å²) in [4.78, 5) is 25.9. The molecule has 0 radical (unpaired) electrons. The second-order valence-electron chi connectivity index (χ2n) is 5.85. The number of aromatic nitrogens is 2. The normalized spacial score (nSPS) is 10.6. The van der Waals surface area contributed by atoms with E-state index in [0.717, 1.165) is 37.8 Å². The molecule has 0 unspecified atom stereocenters. The first-order chi connectivity index (χ1) is 12.1. The van der Waals surface area contributed by atoms with Crippen molar-refractivity contribution in [1.29, 1.82) is 0 Å². The zero-order valence-corrected chi connectivity index (χ0v) is 15.3. The van der Waals surface area contributed by atoms with E-state index >= 15 is 0 Å². The van der Waals surface area contributed by atoms with E-state index in [1.165, 1.54) is 0 Å². The lowest BCUT2D eigenvalue weighted by Crippen LogP contribution is -2.15. The van der Waals surface area contributed by atoms with Crippen LogP contribution >= 0.6 is 12.2 Å². The highest BCUT2D eigenvalue weighted by Gasteiger charge is 2.05. The molecule has 0 atom stereocenters. The molecule has 0 aliphatic rings. The molecule has 0 saturated carbocycles. The number of hydrogen-bond donors (Lipinski definition) is 1. The Morgan fingerprint density at radius 2 is 1.88 bits per heavy atom. The second-order valence-corrected chi connectivity index (χ2v) is 6.24. The number of carbonyl (C=O) groups is 1. The first-order valence-electron chi connectivity index (χ1n) is 8.66. The Bertz CT molecular complexity index is 796. The number of ether oxygens (including phenoxy) is 1. The van der Waals surface area contributed by atoms with Gasteiger partial charge in [-0.05, 0) is 37.0 Å². The topological polar surface area (TPSA) is 64.1 Å². The monoisotopic (exact) mass is 360 g/mol. The fourth-order valence-corrected chi connectivity index (χ4v) is 2.76. The van der Waals surface area contributed by atoms with Gasteiger partial charge in [-0.2, -0.15) is 0 Å². The van der Waals surface area contributed by atoms with Crippen LogP contribution < -0.4 is 5.56 Å². The summed E-state index contributed by atoms with van der Waals surface area (Å²) in [6, 6.07) is 9.56. The Kier molecular flexibility index (Phi) is 7.60. The van der Waals surface area contributed by atoms with Crippen LogP contribution in [0.15, 0.2) is 41.3 Å². The van der Waals surface area contributed by atoms with Crippen molar-refractivity contribution in [3.8, 4) is 11.1 Å². The maximum Gasteiger partial charge on any atom is 0.305 e. The molecule has 5 nitrogen and oxygen atoms in total. The molecule has 1 N–H and O–H groups in total. The lowest BCUT2D eigenvalue weighted by Gasteiger charge is -2.09. The van der Waals surface area contributed by atoms with Crippen molar-refractivity contribution in [2.24, 2.45) is 0 Å². The lowest BCUT2D eigenvalue weighted by atomic mass is 10.1. The van der Waals surface area contributed by atoms with Gasteiger partial charge < -0.3 is 9.30 Å². The van der Waals surface area contributed by atoms with Crippen LogP contribution in [0.25, 0.3) is 11.1 Å². The van der Waals surface area contributed by atoms with E-state index in [9.17, 15) is 9.59 Å². The summed E-state index contributed by atoms with van der Waals surface area (Å²) in [5.41, 5.74) is 1.34. The average Bonchev–Trinajstić information content (AvgIpc) is 2.62. The first-order valence-corrected chi connectivity index (χ1v) is 9.07. The largest absolute Gasteiger partial charge is 0.466 e. The molecule has 0 aliphatic carbocycles. The smallest absolute Gasteiger partial charge is 0.305 e. The third-order valence-corrected chi connectivity index (χ3v) is 4.28. The van der Waals surface area contributed by atoms with Crippen LogP contribution in [-0.4, -0.2) is 22.1 Å². The molecule has 1 aromatic carbocycles. The zero-order valence-electron chi connectivity index (χ0n) is 14.5. The quantitative estimate of drug-likeness (QED) is 0.416. The predicted molar refractivity (Wildman–Crippen MR) is 101 cm³/mol. The van der Waals surface area contributed by atoms with Gasteiger partial charge in [0.1, 0.15) is 0 Å².